The molecular weight excluding hydrogens is 284 g/mol. The SMILES string of the molecule is Cc1nc(C=CC(=O)NCC(C)(O)c2ccccc2)cs1. The third-order valence-corrected chi connectivity index (χ3v) is 3.84. The number of carbonyl (C=O) groups is 1. The molecule has 4 nitrogen and oxygen atoms in total. The highest BCUT2D eigenvalue weighted by Gasteiger charge is 2.22. The Morgan fingerprint density at radius 2 is 2.14 bits per heavy atom. The number of thiazole rings is 1. The maximum absolute atomic E-state index is 11.8. The number of hydrogen-bond acceptors (Lipinski definition) is 4. The van der Waals surface area contributed by atoms with Gasteiger partial charge in [-0.1, -0.05) is 30.3 Å². The fourth-order valence-corrected chi connectivity index (χ4v) is 2.42. The van der Waals surface area contributed by atoms with Crippen molar-refractivity contribution in [2.75, 3.05) is 6.54 Å². The summed E-state index contributed by atoms with van der Waals surface area (Å²) in [6.07, 6.45) is 3.09. The maximum Gasteiger partial charge on any atom is 0.244 e. The number of hydrogen-bond donors (Lipinski definition) is 2. The van der Waals surface area contributed by atoms with Crippen molar-refractivity contribution >= 4 is 23.3 Å². The van der Waals surface area contributed by atoms with E-state index in [1.54, 1.807) is 13.0 Å². The molecule has 2 aromatic rings. The first-order chi connectivity index (χ1) is 9.97. The van der Waals surface area contributed by atoms with Crippen molar-refractivity contribution in [1.29, 1.82) is 0 Å². The van der Waals surface area contributed by atoms with Crippen molar-refractivity contribution in [2.24, 2.45) is 0 Å². The summed E-state index contributed by atoms with van der Waals surface area (Å²) in [7, 11) is 0. The van der Waals surface area contributed by atoms with E-state index in [1.165, 1.54) is 17.4 Å². The number of amides is 1. The Kier molecular flexibility index (Phi) is 4.88. The lowest BCUT2D eigenvalue weighted by atomic mass is 9.96. The number of aryl methyl sites for hydroxylation is 1. The third kappa shape index (κ3) is 4.51. The quantitative estimate of drug-likeness (QED) is 0.834. The highest BCUT2D eigenvalue weighted by Crippen LogP contribution is 2.18. The van der Waals surface area contributed by atoms with Gasteiger partial charge in [-0.05, 0) is 25.5 Å². The molecule has 1 heterocycles. The molecule has 0 saturated heterocycles. The Balaban J connectivity index is 1.90. The van der Waals surface area contributed by atoms with Crippen LogP contribution in [0.5, 0.6) is 0 Å². The number of aromatic nitrogens is 1. The Bertz CT molecular complexity index is 633. The van der Waals surface area contributed by atoms with Crippen molar-refractivity contribution in [3.63, 3.8) is 0 Å². The molecule has 1 unspecified atom stereocenters. The van der Waals surface area contributed by atoms with Crippen molar-refractivity contribution in [3.8, 4) is 0 Å². The molecule has 0 aliphatic rings. The number of rotatable bonds is 5. The number of benzene rings is 1. The van der Waals surface area contributed by atoms with Crippen LogP contribution in [0, 0.1) is 6.92 Å². The molecule has 0 saturated carbocycles. The minimum Gasteiger partial charge on any atom is -0.384 e. The van der Waals surface area contributed by atoms with Crippen molar-refractivity contribution in [2.45, 2.75) is 19.4 Å². The fourth-order valence-electron chi connectivity index (χ4n) is 1.84. The standard InChI is InChI=1S/C16H18N2O2S/c1-12-18-14(10-21-12)8-9-15(19)17-11-16(2,20)13-6-4-3-5-7-13/h3-10,20H,11H2,1-2H3,(H,17,19). The molecular formula is C16H18N2O2S. The first-order valence-corrected chi connectivity index (χ1v) is 7.51. The second kappa shape index (κ2) is 6.65. The molecule has 0 spiro atoms. The molecule has 2 N–H and O–H groups in total. The van der Waals surface area contributed by atoms with Gasteiger partial charge in [0.2, 0.25) is 5.91 Å². The van der Waals surface area contributed by atoms with Gasteiger partial charge in [0.25, 0.3) is 0 Å². The zero-order valence-corrected chi connectivity index (χ0v) is 12.9. The van der Waals surface area contributed by atoms with Gasteiger partial charge >= 0.3 is 0 Å². The van der Waals surface area contributed by atoms with Crippen LogP contribution < -0.4 is 5.32 Å². The summed E-state index contributed by atoms with van der Waals surface area (Å²) >= 11 is 1.54. The van der Waals surface area contributed by atoms with Gasteiger partial charge in [-0.3, -0.25) is 4.79 Å². The predicted molar refractivity (Wildman–Crippen MR) is 84.9 cm³/mol. The molecule has 0 aliphatic heterocycles. The molecule has 1 atom stereocenters. The van der Waals surface area contributed by atoms with Gasteiger partial charge in [0, 0.05) is 11.5 Å². The second-order valence-corrected chi connectivity index (χ2v) is 6.04. The van der Waals surface area contributed by atoms with E-state index < -0.39 is 5.60 Å². The molecule has 1 amide bonds. The Hall–Kier alpha value is -1.98. The van der Waals surface area contributed by atoms with E-state index >= 15 is 0 Å². The van der Waals surface area contributed by atoms with Gasteiger partial charge in [-0.15, -0.1) is 11.3 Å². The predicted octanol–water partition coefficient (Wildman–Crippen LogP) is 2.49. The Labute approximate surface area is 128 Å². The van der Waals surface area contributed by atoms with Crippen LogP contribution in [0.25, 0.3) is 6.08 Å². The van der Waals surface area contributed by atoms with E-state index in [9.17, 15) is 9.90 Å². The van der Waals surface area contributed by atoms with Crippen LogP contribution in [0.4, 0.5) is 0 Å². The van der Waals surface area contributed by atoms with Crippen molar-refractivity contribution in [1.82, 2.24) is 10.3 Å². The number of aliphatic hydroxyl groups is 1. The van der Waals surface area contributed by atoms with Gasteiger partial charge in [-0.2, -0.15) is 0 Å². The maximum atomic E-state index is 11.8. The normalized spacial score (nSPS) is 14.0. The molecule has 0 bridgehead atoms. The Morgan fingerprint density at radius 1 is 1.43 bits per heavy atom. The molecule has 0 radical (unpaired) electrons. The highest BCUT2D eigenvalue weighted by molar-refractivity contribution is 7.09. The van der Waals surface area contributed by atoms with E-state index in [0.29, 0.717) is 0 Å². The van der Waals surface area contributed by atoms with Crippen LogP contribution >= 0.6 is 11.3 Å². The molecule has 5 heteroatoms. The number of carbonyl (C=O) groups excluding carboxylic acids is 1. The average molecular weight is 302 g/mol. The first kappa shape index (κ1) is 15.4. The molecule has 21 heavy (non-hydrogen) atoms. The van der Waals surface area contributed by atoms with Crippen LogP contribution in [-0.2, 0) is 10.4 Å². The van der Waals surface area contributed by atoms with Gasteiger partial charge in [0.1, 0.15) is 5.60 Å². The lowest BCUT2D eigenvalue weighted by molar-refractivity contribution is -0.117. The van der Waals surface area contributed by atoms with Crippen LogP contribution in [0.2, 0.25) is 0 Å². The van der Waals surface area contributed by atoms with E-state index in [2.05, 4.69) is 10.3 Å². The largest absolute Gasteiger partial charge is 0.384 e. The summed E-state index contributed by atoms with van der Waals surface area (Å²) in [6, 6.07) is 9.27. The molecule has 110 valence electrons. The topological polar surface area (TPSA) is 62.2 Å². The lowest BCUT2D eigenvalue weighted by Gasteiger charge is -2.23. The fraction of sp³-hybridized carbons (Fsp3) is 0.250. The summed E-state index contributed by atoms with van der Waals surface area (Å²) < 4.78 is 0. The highest BCUT2D eigenvalue weighted by atomic mass is 32.1. The first-order valence-electron chi connectivity index (χ1n) is 6.63. The van der Waals surface area contributed by atoms with E-state index in [1.807, 2.05) is 42.6 Å². The van der Waals surface area contributed by atoms with E-state index in [0.717, 1.165) is 16.3 Å². The molecule has 2 rings (SSSR count). The molecule has 0 fully saturated rings. The van der Waals surface area contributed by atoms with Crippen LogP contribution in [-0.4, -0.2) is 22.5 Å². The van der Waals surface area contributed by atoms with Crippen molar-refractivity contribution in [3.05, 3.63) is 58.1 Å². The molecule has 1 aromatic carbocycles. The zero-order chi connectivity index (χ0) is 15.3. The minimum atomic E-state index is -1.10. The van der Waals surface area contributed by atoms with Crippen LogP contribution in [0.15, 0.2) is 41.8 Å². The van der Waals surface area contributed by atoms with Gasteiger partial charge < -0.3 is 10.4 Å². The van der Waals surface area contributed by atoms with Crippen LogP contribution in [0.1, 0.15) is 23.2 Å². The monoisotopic (exact) mass is 302 g/mol. The van der Waals surface area contributed by atoms with Gasteiger partial charge in [0.15, 0.2) is 0 Å². The summed E-state index contributed by atoms with van der Waals surface area (Å²) in [5.41, 5.74) is 0.439. The Morgan fingerprint density at radius 3 is 2.76 bits per heavy atom. The van der Waals surface area contributed by atoms with E-state index in [4.69, 9.17) is 0 Å². The smallest absolute Gasteiger partial charge is 0.244 e. The third-order valence-electron chi connectivity index (χ3n) is 3.04. The second-order valence-electron chi connectivity index (χ2n) is 4.98. The molecule has 1 aromatic heterocycles. The summed E-state index contributed by atoms with van der Waals surface area (Å²) in [5.74, 6) is -0.253. The minimum absolute atomic E-state index is 0.149. The molecule has 0 aliphatic carbocycles. The average Bonchev–Trinajstić information content (AvgIpc) is 2.90. The van der Waals surface area contributed by atoms with Crippen LogP contribution in [0.3, 0.4) is 0 Å². The van der Waals surface area contributed by atoms with Gasteiger partial charge in [-0.25, -0.2) is 4.98 Å². The zero-order valence-electron chi connectivity index (χ0n) is 12.0. The lowest BCUT2D eigenvalue weighted by Crippen LogP contribution is -2.37. The van der Waals surface area contributed by atoms with Gasteiger partial charge in [0.05, 0.1) is 17.2 Å². The number of nitrogens with zero attached hydrogens (tertiary/aromatic N) is 1. The number of nitrogens with one attached hydrogen (secondary N) is 1. The summed E-state index contributed by atoms with van der Waals surface area (Å²) in [4.78, 5) is 16.0. The summed E-state index contributed by atoms with van der Waals surface area (Å²) in [6.45, 7) is 3.74. The van der Waals surface area contributed by atoms with Crippen molar-refractivity contribution < 1.29 is 9.90 Å². The summed E-state index contributed by atoms with van der Waals surface area (Å²) in [5, 5.41) is 15.9. The van der Waals surface area contributed by atoms with E-state index in [-0.39, 0.29) is 12.5 Å².